The number of aliphatic hydroxyl groups excluding tert-OH is 1. The van der Waals surface area contributed by atoms with Crippen molar-refractivity contribution in [2.45, 2.75) is 65.6 Å². The molecule has 0 spiro atoms. The Morgan fingerprint density at radius 3 is 2.25 bits per heavy atom. The molecule has 8 nitrogen and oxygen atoms in total. The minimum atomic E-state index is -1.30. The summed E-state index contributed by atoms with van der Waals surface area (Å²) in [5, 5.41) is 15.7. The second-order valence-corrected chi connectivity index (χ2v) is 10.0. The standard InChI is InChI=1S/C27H36ClN3O5/c1-7-15-31(25(34)21(16-32)29-26(35)36-27(4,5)6)23(19-13-9-8-11-17(19)2)24(33)30-22-18(3)12-10-14-20(22)28/h8-14,21,23,32H,7,15-16H2,1-6H3,(H,29,35)(H,30,33). The zero-order chi connectivity index (χ0) is 27.0. The molecule has 0 heterocycles. The Hall–Kier alpha value is -3.10. The second-order valence-electron chi connectivity index (χ2n) is 9.59. The molecule has 0 fully saturated rings. The van der Waals surface area contributed by atoms with Crippen LogP contribution in [-0.4, -0.2) is 52.7 Å². The Morgan fingerprint density at radius 2 is 1.69 bits per heavy atom. The molecule has 0 aliphatic rings. The molecule has 3 amide bonds. The lowest BCUT2D eigenvalue weighted by atomic mass is 9.97. The molecule has 2 aromatic carbocycles. The van der Waals surface area contributed by atoms with Crippen LogP contribution < -0.4 is 10.6 Å². The van der Waals surface area contributed by atoms with Crippen LogP contribution in [0.1, 0.15) is 56.8 Å². The number of carbonyl (C=O) groups excluding carboxylic acids is 3. The highest BCUT2D eigenvalue weighted by Gasteiger charge is 2.36. The Balaban J connectivity index is 2.49. The molecule has 0 aliphatic heterocycles. The average Bonchev–Trinajstić information content (AvgIpc) is 2.79. The summed E-state index contributed by atoms with van der Waals surface area (Å²) >= 11 is 6.35. The average molecular weight is 518 g/mol. The van der Waals surface area contributed by atoms with E-state index in [1.807, 2.05) is 39.0 Å². The Morgan fingerprint density at radius 1 is 1.06 bits per heavy atom. The molecule has 2 aromatic rings. The van der Waals surface area contributed by atoms with E-state index in [0.717, 1.165) is 11.1 Å². The number of alkyl carbamates (subject to hydrolysis) is 1. The van der Waals surface area contributed by atoms with Crippen molar-refractivity contribution in [1.29, 1.82) is 0 Å². The summed E-state index contributed by atoms with van der Waals surface area (Å²) in [4.78, 5) is 41.2. The first kappa shape index (κ1) is 29.1. The third kappa shape index (κ3) is 7.70. The monoisotopic (exact) mass is 517 g/mol. The fourth-order valence-corrected chi connectivity index (χ4v) is 4.04. The van der Waals surface area contributed by atoms with Gasteiger partial charge in [-0.25, -0.2) is 4.79 Å². The van der Waals surface area contributed by atoms with Crippen molar-refractivity contribution in [3.8, 4) is 0 Å². The smallest absolute Gasteiger partial charge is 0.408 e. The molecule has 2 unspecified atom stereocenters. The van der Waals surface area contributed by atoms with Crippen LogP contribution in [0, 0.1) is 13.8 Å². The number of hydrogen-bond donors (Lipinski definition) is 3. The molecule has 9 heteroatoms. The Kier molecular flexibility index (Phi) is 10.3. The SMILES string of the molecule is CCCN(C(=O)C(CO)NC(=O)OC(C)(C)C)C(C(=O)Nc1c(C)cccc1Cl)c1ccccc1C. The van der Waals surface area contributed by atoms with Gasteiger partial charge in [-0.1, -0.05) is 54.9 Å². The van der Waals surface area contributed by atoms with E-state index in [1.54, 1.807) is 45.0 Å². The van der Waals surface area contributed by atoms with Crippen LogP contribution in [0.5, 0.6) is 0 Å². The molecule has 0 saturated carbocycles. The van der Waals surface area contributed by atoms with Gasteiger partial charge in [0, 0.05) is 6.54 Å². The number of benzene rings is 2. The maximum absolute atomic E-state index is 13.8. The van der Waals surface area contributed by atoms with Crippen LogP contribution in [0.15, 0.2) is 42.5 Å². The minimum absolute atomic E-state index is 0.208. The number of amides is 3. The summed E-state index contributed by atoms with van der Waals surface area (Å²) in [7, 11) is 0. The Labute approximate surface area is 218 Å². The highest BCUT2D eigenvalue weighted by Crippen LogP contribution is 2.30. The summed E-state index contributed by atoms with van der Waals surface area (Å²) in [6.07, 6.45) is -0.299. The van der Waals surface area contributed by atoms with Crippen LogP contribution in [0.2, 0.25) is 5.02 Å². The van der Waals surface area contributed by atoms with Crippen molar-refractivity contribution in [3.63, 3.8) is 0 Å². The number of nitrogens with one attached hydrogen (secondary N) is 2. The molecule has 0 bridgehead atoms. The van der Waals surface area contributed by atoms with Gasteiger partial charge < -0.3 is 25.4 Å². The van der Waals surface area contributed by atoms with Crippen molar-refractivity contribution < 1.29 is 24.2 Å². The van der Waals surface area contributed by atoms with Crippen molar-refractivity contribution in [1.82, 2.24) is 10.2 Å². The van der Waals surface area contributed by atoms with Gasteiger partial charge in [0.25, 0.3) is 5.91 Å². The highest BCUT2D eigenvalue weighted by atomic mass is 35.5. The normalized spacial score (nSPS) is 12.9. The molecule has 2 rings (SSSR count). The Bertz CT molecular complexity index is 1060. The quantitative estimate of drug-likeness (QED) is 0.444. The number of aliphatic hydroxyl groups is 1. The fourth-order valence-electron chi connectivity index (χ4n) is 3.77. The van der Waals surface area contributed by atoms with Crippen LogP contribution >= 0.6 is 11.6 Å². The highest BCUT2D eigenvalue weighted by molar-refractivity contribution is 6.34. The van der Waals surface area contributed by atoms with Gasteiger partial charge in [-0.15, -0.1) is 0 Å². The number of hydrogen-bond acceptors (Lipinski definition) is 5. The lowest BCUT2D eigenvalue weighted by Gasteiger charge is -2.34. The molecule has 0 saturated heterocycles. The van der Waals surface area contributed by atoms with Gasteiger partial charge in [0.1, 0.15) is 17.7 Å². The lowest BCUT2D eigenvalue weighted by molar-refractivity contribution is -0.141. The van der Waals surface area contributed by atoms with Crippen molar-refractivity contribution in [3.05, 3.63) is 64.2 Å². The third-order valence-corrected chi connectivity index (χ3v) is 5.75. The molecule has 0 aromatic heterocycles. The third-order valence-electron chi connectivity index (χ3n) is 5.43. The maximum atomic E-state index is 13.8. The molecule has 0 radical (unpaired) electrons. The van der Waals surface area contributed by atoms with E-state index >= 15 is 0 Å². The molecule has 2 atom stereocenters. The van der Waals surface area contributed by atoms with E-state index < -0.39 is 42.2 Å². The van der Waals surface area contributed by atoms with Gasteiger partial charge in [0.2, 0.25) is 5.91 Å². The van der Waals surface area contributed by atoms with Gasteiger partial charge in [-0.3, -0.25) is 9.59 Å². The summed E-state index contributed by atoms with van der Waals surface area (Å²) in [5.41, 5.74) is 1.87. The number of ether oxygens (including phenoxy) is 1. The topological polar surface area (TPSA) is 108 Å². The van der Waals surface area contributed by atoms with Crippen LogP contribution in [-0.2, 0) is 14.3 Å². The molecule has 3 N–H and O–H groups in total. The van der Waals surface area contributed by atoms with E-state index in [4.69, 9.17) is 16.3 Å². The first-order valence-electron chi connectivity index (χ1n) is 11.9. The van der Waals surface area contributed by atoms with Gasteiger partial charge >= 0.3 is 6.09 Å². The molecular formula is C27H36ClN3O5. The van der Waals surface area contributed by atoms with Gasteiger partial charge in [0.05, 0.1) is 17.3 Å². The van der Waals surface area contributed by atoms with Crippen molar-refractivity contribution in [2.24, 2.45) is 0 Å². The maximum Gasteiger partial charge on any atom is 0.408 e. The first-order chi connectivity index (χ1) is 16.9. The predicted molar refractivity (Wildman–Crippen MR) is 141 cm³/mol. The fraction of sp³-hybridized carbons (Fsp3) is 0.444. The minimum Gasteiger partial charge on any atom is -0.444 e. The van der Waals surface area contributed by atoms with Crippen LogP contribution in [0.4, 0.5) is 10.5 Å². The number of rotatable bonds is 9. The molecule has 196 valence electrons. The molecule has 36 heavy (non-hydrogen) atoms. The van der Waals surface area contributed by atoms with E-state index in [9.17, 15) is 19.5 Å². The number of halogens is 1. The summed E-state index contributed by atoms with van der Waals surface area (Å²) in [6.45, 7) is 10.2. The van der Waals surface area contributed by atoms with Gasteiger partial charge in [-0.2, -0.15) is 0 Å². The van der Waals surface area contributed by atoms with Gasteiger partial charge in [-0.05, 0) is 63.8 Å². The largest absolute Gasteiger partial charge is 0.444 e. The zero-order valence-electron chi connectivity index (χ0n) is 21.7. The van der Waals surface area contributed by atoms with E-state index in [-0.39, 0.29) is 6.54 Å². The van der Waals surface area contributed by atoms with Crippen molar-refractivity contribution in [2.75, 3.05) is 18.5 Å². The summed E-state index contributed by atoms with van der Waals surface area (Å²) in [5.74, 6) is -1.07. The second kappa shape index (κ2) is 12.7. The van der Waals surface area contributed by atoms with Crippen LogP contribution in [0.25, 0.3) is 0 Å². The number of para-hydroxylation sites is 1. The number of anilines is 1. The number of nitrogens with zero attached hydrogens (tertiary/aromatic N) is 1. The van der Waals surface area contributed by atoms with E-state index in [2.05, 4.69) is 10.6 Å². The number of carbonyl (C=O) groups is 3. The summed E-state index contributed by atoms with van der Waals surface area (Å²) in [6, 6.07) is 10.2. The van der Waals surface area contributed by atoms with Gasteiger partial charge in [0.15, 0.2) is 0 Å². The lowest BCUT2D eigenvalue weighted by Crippen LogP contribution is -2.54. The zero-order valence-corrected chi connectivity index (χ0v) is 22.5. The molecular weight excluding hydrogens is 482 g/mol. The van der Waals surface area contributed by atoms with E-state index in [1.165, 1.54) is 4.90 Å². The molecule has 0 aliphatic carbocycles. The van der Waals surface area contributed by atoms with Crippen LogP contribution in [0.3, 0.4) is 0 Å². The van der Waals surface area contributed by atoms with E-state index in [0.29, 0.717) is 22.7 Å². The first-order valence-corrected chi connectivity index (χ1v) is 12.3. The predicted octanol–water partition coefficient (Wildman–Crippen LogP) is 4.76. The number of aryl methyl sites for hydroxylation is 2. The van der Waals surface area contributed by atoms with Crippen molar-refractivity contribution >= 4 is 35.2 Å². The summed E-state index contributed by atoms with van der Waals surface area (Å²) < 4.78 is 5.25.